The van der Waals surface area contributed by atoms with Gasteiger partial charge in [0, 0.05) is 18.5 Å². The Bertz CT molecular complexity index is 430. The second-order valence-corrected chi connectivity index (χ2v) is 5.34. The molecule has 1 saturated heterocycles. The molecule has 4 nitrogen and oxygen atoms in total. The van der Waals surface area contributed by atoms with Crippen molar-refractivity contribution in [3.05, 3.63) is 23.8 Å². The molecule has 0 radical (unpaired) electrons. The summed E-state index contributed by atoms with van der Waals surface area (Å²) >= 11 is 0. The summed E-state index contributed by atoms with van der Waals surface area (Å²) in [6, 6.07) is 6.49. The normalized spacial score (nSPS) is 24.6. The Morgan fingerprint density at radius 1 is 1.11 bits per heavy atom. The molecule has 3 rings (SSSR count). The van der Waals surface area contributed by atoms with Crippen molar-refractivity contribution in [1.29, 1.82) is 0 Å². The summed E-state index contributed by atoms with van der Waals surface area (Å²) in [7, 11) is 0. The predicted molar refractivity (Wildman–Crippen MR) is 74.6 cm³/mol. The largest absolute Gasteiger partial charge is 0.490 e. The van der Waals surface area contributed by atoms with E-state index >= 15 is 0 Å². The fourth-order valence-electron chi connectivity index (χ4n) is 2.80. The second kappa shape index (κ2) is 5.80. The van der Waals surface area contributed by atoms with E-state index in [-0.39, 0.29) is 6.04 Å². The Labute approximate surface area is 114 Å². The van der Waals surface area contributed by atoms with Crippen LogP contribution in [0.15, 0.2) is 18.2 Å². The maximum atomic E-state index is 6.38. The summed E-state index contributed by atoms with van der Waals surface area (Å²) in [5, 5.41) is 3.51. The van der Waals surface area contributed by atoms with Crippen LogP contribution < -0.4 is 20.5 Å². The summed E-state index contributed by atoms with van der Waals surface area (Å²) in [5.74, 6) is 1.67. The van der Waals surface area contributed by atoms with Gasteiger partial charge < -0.3 is 20.5 Å². The molecule has 1 aromatic rings. The van der Waals surface area contributed by atoms with E-state index in [9.17, 15) is 0 Å². The van der Waals surface area contributed by atoms with Crippen LogP contribution in [0.25, 0.3) is 0 Å². The maximum absolute atomic E-state index is 6.38. The van der Waals surface area contributed by atoms with Crippen molar-refractivity contribution in [2.24, 2.45) is 5.73 Å². The number of benzene rings is 1. The lowest BCUT2D eigenvalue weighted by atomic mass is 9.93. The van der Waals surface area contributed by atoms with Gasteiger partial charge in [0.15, 0.2) is 11.5 Å². The molecule has 0 spiro atoms. The Balaban J connectivity index is 1.78. The van der Waals surface area contributed by atoms with Crippen molar-refractivity contribution in [1.82, 2.24) is 5.32 Å². The first-order valence-electron chi connectivity index (χ1n) is 7.23. The van der Waals surface area contributed by atoms with Gasteiger partial charge in [-0.25, -0.2) is 0 Å². The van der Waals surface area contributed by atoms with Crippen LogP contribution >= 0.6 is 0 Å². The molecule has 2 unspecified atom stereocenters. The van der Waals surface area contributed by atoms with E-state index in [0.29, 0.717) is 12.6 Å². The zero-order valence-electron chi connectivity index (χ0n) is 11.2. The SMILES string of the molecule is NC(c1ccc2c(c1)OCCCO2)C1CCCCN1. The number of nitrogens with one attached hydrogen (secondary N) is 1. The molecule has 3 N–H and O–H groups in total. The van der Waals surface area contributed by atoms with Gasteiger partial charge in [0.2, 0.25) is 0 Å². The van der Waals surface area contributed by atoms with Crippen LogP contribution in [0.2, 0.25) is 0 Å². The Morgan fingerprint density at radius 3 is 2.74 bits per heavy atom. The van der Waals surface area contributed by atoms with Gasteiger partial charge in [0.05, 0.1) is 13.2 Å². The van der Waals surface area contributed by atoms with Crippen LogP contribution in [0.1, 0.15) is 37.3 Å². The monoisotopic (exact) mass is 262 g/mol. The number of piperidine rings is 1. The van der Waals surface area contributed by atoms with E-state index in [1.54, 1.807) is 0 Å². The van der Waals surface area contributed by atoms with Crippen LogP contribution in [0.3, 0.4) is 0 Å². The molecular formula is C15H22N2O2. The highest BCUT2D eigenvalue weighted by molar-refractivity contribution is 5.44. The Morgan fingerprint density at radius 2 is 1.95 bits per heavy atom. The van der Waals surface area contributed by atoms with E-state index in [1.807, 2.05) is 12.1 Å². The van der Waals surface area contributed by atoms with E-state index in [2.05, 4.69) is 11.4 Å². The number of hydrogen-bond acceptors (Lipinski definition) is 4. The minimum absolute atomic E-state index is 0.0254. The lowest BCUT2D eigenvalue weighted by molar-refractivity contribution is 0.296. The van der Waals surface area contributed by atoms with E-state index in [4.69, 9.17) is 15.2 Å². The number of hydrogen-bond donors (Lipinski definition) is 2. The molecule has 104 valence electrons. The highest BCUT2D eigenvalue weighted by atomic mass is 16.5. The number of nitrogens with two attached hydrogens (primary N) is 1. The Hall–Kier alpha value is -1.26. The highest BCUT2D eigenvalue weighted by Gasteiger charge is 2.22. The van der Waals surface area contributed by atoms with Crippen LogP contribution in [0.5, 0.6) is 11.5 Å². The zero-order chi connectivity index (χ0) is 13.1. The molecule has 0 amide bonds. The van der Waals surface area contributed by atoms with Crippen molar-refractivity contribution in [3.8, 4) is 11.5 Å². The summed E-state index contributed by atoms with van der Waals surface area (Å²) < 4.78 is 11.4. The van der Waals surface area contributed by atoms with Gasteiger partial charge in [0.25, 0.3) is 0 Å². The number of fused-ring (bicyclic) bond motifs is 1. The molecule has 19 heavy (non-hydrogen) atoms. The van der Waals surface area contributed by atoms with Gasteiger partial charge in [-0.1, -0.05) is 12.5 Å². The van der Waals surface area contributed by atoms with Crippen molar-refractivity contribution >= 4 is 0 Å². The minimum atomic E-state index is 0.0254. The maximum Gasteiger partial charge on any atom is 0.161 e. The molecular weight excluding hydrogens is 240 g/mol. The highest BCUT2D eigenvalue weighted by Crippen LogP contribution is 2.33. The average molecular weight is 262 g/mol. The molecule has 2 atom stereocenters. The molecule has 4 heteroatoms. The van der Waals surface area contributed by atoms with Gasteiger partial charge in [0.1, 0.15) is 0 Å². The second-order valence-electron chi connectivity index (χ2n) is 5.34. The van der Waals surface area contributed by atoms with Crippen molar-refractivity contribution < 1.29 is 9.47 Å². The smallest absolute Gasteiger partial charge is 0.161 e. The van der Waals surface area contributed by atoms with Crippen LogP contribution in [0, 0.1) is 0 Å². The van der Waals surface area contributed by atoms with Crippen LogP contribution in [0.4, 0.5) is 0 Å². The molecule has 2 aliphatic heterocycles. The van der Waals surface area contributed by atoms with E-state index < -0.39 is 0 Å². The third kappa shape index (κ3) is 2.85. The quantitative estimate of drug-likeness (QED) is 0.856. The fourth-order valence-corrected chi connectivity index (χ4v) is 2.80. The van der Waals surface area contributed by atoms with Gasteiger partial charge in [-0.05, 0) is 37.1 Å². The average Bonchev–Trinajstić information content (AvgIpc) is 2.72. The van der Waals surface area contributed by atoms with Crippen LogP contribution in [-0.4, -0.2) is 25.8 Å². The predicted octanol–water partition coefficient (Wildman–Crippen LogP) is 1.99. The number of ether oxygens (including phenoxy) is 2. The van der Waals surface area contributed by atoms with Crippen molar-refractivity contribution in [2.45, 2.75) is 37.8 Å². The summed E-state index contributed by atoms with van der Waals surface area (Å²) in [6.45, 7) is 2.51. The minimum Gasteiger partial charge on any atom is -0.490 e. The molecule has 0 saturated carbocycles. The summed E-state index contributed by atoms with van der Waals surface area (Å²) in [6.07, 6.45) is 4.59. The zero-order valence-corrected chi connectivity index (χ0v) is 11.2. The van der Waals surface area contributed by atoms with Crippen LogP contribution in [-0.2, 0) is 0 Å². The van der Waals surface area contributed by atoms with Gasteiger partial charge in [-0.2, -0.15) is 0 Å². The molecule has 2 heterocycles. The lowest BCUT2D eigenvalue weighted by Crippen LogP contribution is -2.42. The lowest BCUT2D eigenvalue weighted by Gasteiger charge is -2.29. The first kappa shape index (κ1) is 12.8. The third-order valence-electron chi connectivity index (χ3n) is 3.94. The van der Waals surface area contributed by atoms with Gasteiger partial charge >= 0.3 is 0 Å². The first-order chi connectivity index (χ1) is 9.34. The van der Waals surface area contributed by atoms with Gasteiger partial charge in [-0.15, -0.1) is 0 Å². The first-order valence-corrected chi connectivity index (χ1v) is 7.23. The topological polar surface area (TPSA) is 56.5 Å². The molecule has 0 bridgehead atoms. The molecule has 0 aromatic heterocycles. The number of rotatable bonds is 2. The van der Waals surface area contributed by atoms with Crippen molar-refractivity contribution in [3.63, 3.8) is 0 Å². The van der Waals surface area contributed by atoms with Crippen molar-refractivity contribution in [2.75, 3.05) is 19.8 Å². The van der Waals surface area contributed by atoms with E-state index in [0.717, 1.165) is 43.1 Å². The van der Waals surface area contributed by atoms with E-state index in [1.165, 1.54) is 12.8 Å². The molecule has 1 aromatic carbocycles. The third-order valence-corrected chi connectivity index (χ3v) is 3.94. The molecule has 2 aliphatic rings. The summed E-state index contributed by atoms with van der Waals surface area (Å²) in [5.41, 5.74) is 7.51. The Kier molecular flexibility index (Phi) is 3.89. The fraction of sp³-hybridized carbons (Fsp3) is 0.600. The molecule has 0 aliphatic carbocycles. The standard InChI is InChI=1S/C15H22N2O2/c16-15(12-4-1-2-7-17-12)11-5-6-13-14(10-11)19-9-3-8-18-13/h5-6,10,12,15,17H,1-4,7-9,16H2. The molecule has 1 fully saturated rings. The van der Waals surface area contributed by atoms with Gasteiger partial charge in [-0.3, -0.25) is 0 Å². The summed E-state index contributed by atoms with van der Waals surface area (Å²) in [4.78, 5) is 0.